The third-order valence-electron chi connectivity index (χ3n) is 2.20. The van der Waals surface area contributed by atoms with Gasteiger partial charge in [-0.15, -0.1) is 0 Å². The van der Waals surface area contributed by atoms with E-state index in [1.54, 1.807) is 0 Å². The van der Waals surface area contributed by atoms with Gasteiger partial charge in [0, 0.05) is 19.0 Å². The Morgan fingerprint density at radius 2 is 2.36 bits per heavy atom. The molecule has 64 valence electrons. The van der Waals surface area contributed by atoms with E-state index in [4.69, 9.17) is 5.73 Å². The third-order valence-corrected chi connectivity index (χ3v) is 2.20. The number of hydrogen-bond donors (Lipinski definition) is 1. The molecule has 0 aliphatic carbocycles. The number of nitrogens with two attached hydrogens (primary N) is 1. The molecule has 2 N–H and O–H groups in total. The summed E-state index contributed by atoms with van der Waals surface area (Å²) in [7, 11) is 0. The van der Waals surface area contributed by atoms with Gasteiger partial charge >= 0.3 is 0 Å². The Balaban J connectivity index is 2.52. The number of carbonyl (C=O) groups is 1. The number of nitrogens with zero attached hydrogens (tertiary/aromatic N) is 1. The molecule has 3 heteroatoms. The van der Waals surface area contributed by atoms with Crippen LogP contribution in [-0.4, -0.2) is 29.9 Å². The van der Waals surface area contributed by atoms with Crippen molar-refractivity contribution >= 4 is 5.91 Å². The van der Waals surface area contributed by atoms with Crippen LogP contribution in [0.1, 0.15) is 20.3 Å². The fourth-order valence-electron chi connectivity index (χ4n) is 1.47. The second-order valence-electron chi connectivity index (χ2n) is 3.45. The van der Waals surface area contributed by atoms with Gasteiger partial charge in [-0.1, -0.05) is 0 Å². The highest BCUT2D eigenvalue weighted by atomic mass is 16.2. The van der Waals surface area contributed by atoms with Gasteiger partial charge < -0.3 is 10.6 Å². The van der Waals surface area contributed by atoms with Gasteiger partial charge in [-0.3, -0.25) is 4.79 Å². The Labute approximate surface area is 67.5 Å². The molecule has 1 rings (SSSR count). The smallest absolute Gasteiger partial charge is 0.223 e. The van der Waals surface area contributed by atoms with E-state index in [1.807, 2.05) is 18.7 Å². The molecule has 1 amide bonds. The maximum atomic E-state index is 11.3. The van der Waals surface area contributed by atoms with Crippen molar-refractivity contribution in [2.45, 2.75) is 26.3 Å². The molecular formula is C8H16N2O. The molecule has 1 atom stereocenters. The Kier molecular flexibility index (Phi) is 2.49. The van der Waals surface area contributed by atoms with E-state index < -0.39 is 0 Å². The second-order valence-corrected chi connectivity index (χ2v) is 3.45. The molecule has 1 aliphatic heterocycles. The monoisotopic (exact) mass is 156 g/mol. The number of hydrogen-bond acceptors (Lipinski definition) is 2. The van der Waals surface area contributed by atoms with E-state index >= 15 is 0 Å². The van der Waals surface area contributed by atoms with E-state index in [2.05, 4.69) is 0 Å². The molecule has 0 aromatic rings. The van der Waals surface area contributed by atoms with Crippen LogP contribution in [0.15, 0.2) is 0 Å². The zero-order valence-corrected chi connectivity index (χ0v) is 7.21. The van der Waals surface area contributed by atoms with E-state index in [1.165, 1.54) is 0 Å². The highest BCUT2D eigenvalue weighted by molar-refractivity contribution is 5.78. The van der Waals surface area contributed by atoms with Gasteiger partial charge in [0.15, 0.2) is 0 Å². The van der Waals surface area contributed by atoms with Gasteiger partial charge in [-0.2, -0.15) is 0 Å². The summed E-state index contributed by atoms with van der Waals surface area (Å²) < 4.78 is 0. The van der Waals surface area contributed by atoms with E-state index in [-0.39, 0.29) is 5.91 Å². The van der Waals surface area contributed by atoms with E-state index in [0.717, 1.165) is 6.54 Å². The Bertz CT molecular complexity index is 156. The Morgan fingerprint density at radius 3 is 2.64 bits per heavy atom. The van der Waals surface area contributed by atoms with E-state index in [9.17, 15) is 4.79 Å². The van der Waals surface area contributed by atoms with Crippen LogP contribution in [0, 0.1) is 5.92 Å². The molecule has 0 radical (unpaired) electrons. The molecule has 1 aliphatic rings. The summed E-state index contributed by atoms with van der Waals surface area (Å²) >= 11 is 0. The molecule has 0 spiro atoms. The van der Waals surface area contributed by atoms with Crippen LogP contribution >= 0.6 is 0 Å². The molecule has 0 unspecified atom stereocenters. The first-order valence-electron chi connectivity index (χ1n) is 4.14. The van der Waals surface area contributed by atoms with Crippen molar-refractivity contribution in [3.05, 3.63) is 0 Å². The minimum absolute atomic E-state index is 0.260. The maximum Gasteiger partial charge on any atom is 0.223 e. The average Bonchev–Trinajstić information content (AvgIpc) is 2.30. The lowest BCUT2D eigenvalue weighted by atomic mass is 10.1. The van der Waals surface area contributed by atoms with Crippen LogP contribution in [0.4, 0.5) is 0 Å². The third kappa shape index (κ3) is 1.71. The van der Waals surface area contributed by atoms with Gasteiger partial charge in [0.25, 0.3) is 0 Å². The average molecular weight is 156 g/mol. The van der Waals surface area contributed by atoms with Crippen molar-refractivity contribution in [1.29, 1.82) is 0 Å². The van der Waals surface area contributed by atoms with Gasteiger partial charge in [0.05, 0.1) is 0 Å². The summed E-state index contributed by atoms with van der Waals surface area (Å²) in [4.78, 5) is 13.2. The van der Waals surface area contributed by atoms with Gasteiger partial charge in [0.2, 0.25) is 5.91 Å². The van der Waals surface area contributed by atoms with Gasteiger partial charge in [-0.25, -0.2) is 0 Å². The first-order chi connectivity index (χ1) is 5.15. The molecule has 1 heterocycles. The first kappa shape index (κ1) is 8.53. The van der Waals surface area contributed by atoms with E-state index in [0.29, 0.717) is 24.9 Å². The predicted molar refractivity (Wildman–Crippen MR) is 44.0 cm³/mol. The number of amides is 1. The normalized spacial score (nSPS) is 25.3. The Morgan fingerprint density at radius 1 is 1.73 bits per heavy atom. The molecule has 1 fully saturated rings. The van der Waals surface area contributed by atoms with Crippen molar-refractivity contribution in [1.82, 2.24) is 4.90 Å². The lowest BCUT2D eigenvalue weighted by molar-refractivity contribution is -0.129. The van der Waals surface area contributed by atoms with Crippen LogP contribution in [0.2, 0.25) is 0 Å². The molecule has 0 aromatic heterocycles. The fourth-order valence-corrected chi connectivity index (χ4v) is 1.47. The van der Waals surface area contributed by atoms with Gasteiger partial charge in [0.1, 0.15) is 0 Å². The largest absolute Gasteiger partial charge is 0.340 e. The van der Waals surface area contributed by atoms with Crippen LogP contribution in [-0.2, 0) is 4.79 Å². The molecule has 0 saturated carbocycles. The predicted octanol–water partition coefficient (Wildman–Crippen LogP) is 0.202. The molecule has 1 saturated heterocycles. The summed E-state index contributed by atoms with van der Waals surface area (Å²) in [6, 6.07) is 0.332. The lowest BCUT2D eigenvalue weighted by Crippen LogP contribution is -2.32. The summed E-state index contributed by atoms with van der Waals surface area (Å²) in [6.45, 7) is 5.57. The van der Waals surface area contributed by atoms with Crippen LogP contribution in [0.5, 0.6) is 0 Å². The quantitative estimate of drug-likeness (QED) is 0.621. The van der Waals surface area contributed by atoms with Crippen molar-refractivity contribution in [2.75, 3.05) is 13.1 Å². The van der Waals surface area contributed by atoms with Crippen molar-refractivity contribution in [2.24, 2.45) is 11.7 Å². The minimum Gasteiger partial charge on any atom is -0.340 e. The SMILES string of the molecule is CC(C)N1C[C@@H](CN)CC1=O. The number of rotatable bonds is 2. The summed E-state index contributed by atoms with van der Waals surface area (Å²) in [5.41, 5.74) is 5.48. The standard InChI is InChI=1S/C8H16N2O/c1-6(2)10-5-7(4-9)3-8(10)11/h6-7H,3-5,9H2,1-2H3/t7-/m1/s1. The minimum atomic E-state index is 0.260. The summed E-state index contributed by atoms with van der Waals surface area (Å²) in [6.07, 6.45) is 0.648. The highest BCUT2D eigenvalue weighted by Crippen LogP contribution is 2.18. The van der Waals surface area contributed by atoms with Crippen LogP contribution in [0.3, 0.4) is 0 Å². The van der Waals surface area contributed by atoms with Crippen molar-refractivity contribution < 1.29 is 4.79 Å². The molecule has 3 nitrogen and oxygen atoms in total. The molecule has 0 bridgehead atoms. The van der Waals surface area contributed by atoms with Crippen molar-refractivity contribution in [3.63, 3.8) is 0 Å². The zero-order chi connectivity index (χ0) is 8.43. The molecule has 11 heavy (non-hydrogen) atoms. The number of carbonyl (C=O) groups excluding carboxylic acids is 1. The molecule has 0 aromatic carbocycles. The topological polar surface area (TPSA) is 46.3 Å². The maximum absolute atomic E-state index is 11.3. The first-order valence-corrected chi connectivity index (χ1v) is 4.14. The summed E-state index contributed by atoms with van der Waals surface area (Å²) in [5.74, 6) is 0.653. The fraction of sp³-hybridized carbons (Fsp3) is 0.875. The highest BCUT2D eigenvalue weighted by Gasteiger charge is 2.29. The second kappa shape index (κ2) is 3.22. The number of likely N-dealkylation sites (tertiary alicyclic amines) is 1. The molecular weight excluding hydrogens is 140 g/mol. The zero-order valence-electron chi connectivity index (χ0n) is 7.21. The van der Waals surface area contributed by atoms with Crippen LogP contribution < -0.4 is 5.73 Å². The van der Waals surface area contributed by atoms with Crippen LogP contribution in [0.25, 0.3) is 0 Å². The van der Waals surface area contributed by atoms with Crippen molar-refractivity contribution in [3.8, 4) is 0 Å². The lowest BCUT2D eigenvalue weighted by Gasteiger charge is -2.20. The Hall–Kier alpha value is -0.570. The summed E-state index contributed by atoms with van der Waals surface area (Å²) in [5, 5.41) is 0. The van der Waals surface area contributed by atoms with Gasteiger partial charge in [-0.05, 0) is 26.3 Å².